The molecule has 0 aromatic carbocycles. The summed E-state index contributed by atoms with van der Waals surface area (Å²) in [4.78, 5) is 41.5. The third-order valence-electron chi connectivity index (χ3n) is 8.80. The standard InChI is InChI=1S/C37H41N5O3/c1-8-15-38-36(43)13-11-26-22(6)31-18-33-25(10-3)21(5)30(40-33)17-32-24(9-2)20(4)28(39-32)16-29-23(7)27(12-14-37(44)45)35(41-29)19-34(26)42-31/h9-10,16-19,39-40H,2-3,8,11-15H2,1,4-7H3,(H,38,43)(H,44,45). The Balaban J connectivity index is 1.85. The zero-order chi connectivity index (χ0) is 32.4. The number of carbonyl (C=O) groups excluding carboxylic acids is 1. The second-order valence-electron chi connectivity index (χ2n) is 11.7. The van der Waals surface area contributed by atoms with Crippen LogP contribution < -0.4 is 5.32 Å². The molecule has 0 spiro atoms. The Morgan fingerprint density at radius 1 is 0.756 bits per heavy atom. The van der Waals surface area contributed by atoms with Crippen LogP contribution in [0.4, 0.5) is 0 Å². The summed E-state index contributed by atoms with van der Waals surface area (Å²) in [7, 11) is 0. The number of aliphatic carboxylic acids is 1. The van der Waals surface area contributed by atoms with Crippen molar-refractivity contribution in [1.29, 1.82) is 0 Å². The van der Waals surface area contributed by atoms with Crippen molar-refractivity contribution in [2.75, 3.05) is 6.54 Å². The molecule has 0 radical (unpaired) electrons. The maximum Gasteiger partial charge on any atom is 0.303 e. The number of H-pyrrole nitrogens is 2. The Kier molecular flexibility index (Phi) is 9.04. The Morgan fingerprint density at radius 3 is 1.76 bits per heavy atom. The van der Waals surface area contributed by atoms with Crippen molar-refractivity contribution in [1.82, 2.24) is 25.3 Å². The number of carboxylic acids is 1. The molecule has 8 nitrogen and oxygen atoms in total. The molecule has 3 aromatic heterocycles. The van der Waals surface area contributed by atoms with Crippen LogP contribution in [0.3, 0.4) is 0 Å². The third-order valence-corrected chi connectivity index (χ3v) is 8.80. The fourth-order valence-electron chi connectivity index (χ4n) is 6.13. The first-order valence-corrected chi connectivity index (χ1v) is 15.5. The normalized spacial score (nSPS) is 12.9. The van der Waals surface area contributed by atoms with Crippen LogP contribution in [0.1, 0.15) is 97.9 Å². The van der Waals surface area contributed by atoms with Crippen LogP contribution in [0.25, 0.3) is 56.5 Å². The van der Waals surface area contributed by atoms with Gasteiger partial charge < -0.3 is 20.4 Å². The highest BCUT2D eigenvalue weighted by atomic mass is 16.4. The van der Waals surface area contributed by atoms with Gasteiger partial charge in [0.1, 0.15) is 0 Å². The molecule has 232 valence electrons. The number of amides is 1. The number of rotatable bonds is 10. The molecule has 0 atom stereocenters. The van der Waals surface area contributed by atoms with Gasteiger partial charge in [0.25, 0.3) is 0 Å². The minimum Gasteiger partial charge on any atom is -0.481 e. The predicted molar refractivity (Wildman–Crippen MR) is 185 cm³/mol. The molecule has 0 saturated carbocycles. The topological polar surface area (TPSA) is 124 Å². The summed E-state index contributed by atoms with van der Waals surface area (Å²) >= 11 is 0. The van der Waals surface area contributed by atoms with Crippen molar-refractivity contribution in [3.63, 3.8) is 0 Å². The van der Waals surface area contributed by atoms with Gasteiger partial charge in [0.05, 0.1) is 22.8 Å². The van der Waals surface area contributed by atoms with E-state index in [-0.39, 0.29) is 12.3 Å². The smallest absolute Gasteiger partial charge is 0.303 e. The summed E-state index contributed by atoms with van der Waals surface area (Å²) < 4.78 is 0. The molecule has 2 aliphatic rings. The van der Waals surface area contributed by atoms with Crippen LogP contribution in [0.5, 0.6) is 0 Å². The molecule has 0 unspecified atom stereocenters. The Hall–Kier alpha value is -4.98. The molecular weight excluding hydrogens is 562 g/mol. The van der Waals surface area contributed by atoms with Gasteiger partial charge in [-0.05, 0) is 105 Å². The van der Waals surface area contributed by atoms with Gasteiger partial charge in [0, 0.05) is 52.6 Å². The van der Waals surface area contributed by atoms with Crippen molar-refractivity contribution in [3.8, 4) is 0 Å². The lowest BCUT2D eigenvalue weighted by Gasteiger charge is -2.07. The monoisotopic (exact) mass is 603 g/mol. The van der Waals surface area contributed by atoms with Gasteiger partial charge in [0.15, 0.2) is 0 Å². The molecule has 5 heterocycles. The molecule has 8 bridgehead atoms. The van der Waals surface area contributed by atoms with Crippen molar-refractivity contribution in [2.45, 2.75) is 66.7 Å². The first-order valence-electron chi connectivity index (χ1n) is 15.5. The second kappa shape index (κ2) is 12.9. The largest absolute Gasteiger partial charge is 0.481 e. The lowest BCUT2D eigenvalue weighted by atomic mass is 9.98. The zero-order valence-corrected chi connectivity index (χ0v) is 26.8. The van der Waals surface area contributed by atoms with Gasteiger partial charge in [-0.1, -0.05) is 32.2 Å². The molecule has 2 aliphatic heterocycles. The summed E-state index contributed by atoms with van der Waals surface area (Å²) in [6, 6.07) is 8.10. The van der Waals surface area contributed by atoms with Gasteiger partial charge in [-0.3, -0.25) is 9.59 Å². The fraction of sp³-hybridized carbons (Fsp3) is 0.297. The van der Waals surface area contributed by atoms with E-state index in [1.807, 2.05) is 51.1 Å². The van der Waals surface area contributed by atoms with Gasteiger partial charge in [-0.25, -0.2) is 9.97 Å². The molecule has 3 aromatic rings. The number of aryl methyl sites for hydroxylation is 2. The van der Waals surface area contributed by atoms with E-state index in [0.717, 1.165) is 90.1 Å². The van der Waals surface area contributed by atoms with Crippen molar-refractivity contribution in [3.05, 3.63) is 82.5 Å². The minimum absolute atomic E-state index is 0.00199. The molecule has 0 saturated heterocycles. The highest BCUT2D eigenvalue weighted by Gasteiger charge is 2.22. The number of carbonyl (C=O) groups is 2. The quantitative estimate of drug-likeness (QED) is 0.186. The molecule has 45 heavy (non-hydrogen) atoms. The fourth-order valence-corrected chi connectivity index (χ4v) is 6.13. The summed E-state index contributed by atoms with van der Waals surface area (Å²) in [5, 5.41) is 12.5. The maximum absolute atomic E-state index is 12.6. The van der Waals surface area contributed by atoms with Crippen LogP contribution in [-0.4, -0.2) is 43.5 Å². The highest BCUT2D eigenvalue weighted by Crippen LogP contribution is 2.38. The molecule has 1 amide bonds. The van der Waals surface area contributed by atoms with E-state index in [0.29, 0.717) is 31.5 Å². The number of hydrogen-bond acceptors (Lipinski definition) is 4. The maximum atomic E-state index is 12.6. The summed E-state index contributed by atoms with van der Waals surface area (Å²) in [6.45, 7) is 19.0. The van der Waals surface area contributed by atoms with E-state index in [4.69, 9.17) is 9.97 Å². The van der Waals surface area contributed by atoms with Gasteiger partial charge in [-0.2, -0.15) is 0 Å². The van der Waals surface area contributed by atoms with E-state index in [2.05, 4.69) is 48.4 Å². The molecule has 4 N–H and O–H groups in total. The molecule has 8 heteroatoms. The van der Waals surface area contributed by atoms with Crippen molar-refractivity contribution >= 4 is 68.4 Å². The zero-order valence-electron chi connectivity index (χ0n) is 26.8. The number of nitrogens with one attached hydrogen (secondary N) is 3. The average Bonchev–Trinajstić information content (AvgIpc) is 3.66. The SMILES string of the molecule is C=Cc1c(C)c2cc3[nH]c(cc4nc(cc5nc(cc1[nH]2)C(C)=C5CCC(=O)NCCC)C(CCC(=O)O)=C4C)c(C)c3C=C. The van der Waals surface area contributed by atoms with Crippen LogP contribution in [0.2, 0.25) is 0 Å². The number of hydrogen-bond donors (Lipinski definition) is 4. The molecular formula is C37H41N5O3. The number of aromatic amines is 2. The second-order valence-corrected chi connectivity index (χ2v) is 11.7. The van der Waals surface area contributed by atoms with Gasteiger partial charge in [-0.15, -0.1) is 0 Å². The first kappa shape index (κ1) is 31.4. The van der Waals surface area contributed by atoms with Gasteiger partial charge >= 0.3 is 5.97 Å². The number of fused-ring (bicyclic) bond motifs is 8. The number of carboxylic acid groups (broad SMARTS) is 1. The van der Waals surface area contributed by atoms with E-state index >= 15 is 0 Å². The summed E-state index contributed by atoms with van der Waals surface area (Å²) in [5.74, 6) is -0.861. The number of allylic oxidation sites excluding steroid dienone is 4. The molecule has 0 fully saturated rings. The molecule has 5 rings (SSSR count). The van der Waals surface area contributed by atoms with Crippen LogP contribution in [-0.2, 0) is 9.59 Å². The lowest BCUT2D eigenvalue weighted by Crippen LogP contribution is -2.23. The third kappa shape index (κ3) is 6.18. The highest BCUT2D eigenvalue weighted by molar-refractivity contribution is 5.97. The van der Waals surface area contributed by atoms with Crippen molar-refractivity contribution in [2.24, 2.45) is 0 Å². The van der Waals surface area contributed by atoms with E-state index < -0.39 is 5.97 Å². The number of aromatic nitrogens is 4. The van der Waals surface area contributed by atoms with Gasteiger partial charge in [0.2, 0.25) is 5.91 Å². The van der Waals surface area contributed by atoms with Crippen molar-refractivity contribution < 1.29 is 14.7 Å². The molecule has 0 aliphatic carbocycles. The predicted octanol–water partition coefficient (Wildman–Crippen LogP) is 8.25. The van der Waals surface area contributed by atoms with Crippen LogP contribution in [0.15, 0.2) is 37.4 Å². The summed E-state index contributed by atoms with van der Waals surface area (Å²) in [6.07, 6.45) is 5.77. The Bertz CT molecular complexity index is 1970. The Morgan fingerprint density at radius 2 is 1.24 bits per heavy atom. The Labute approximate surface area is 263 Å². The average molecular weight is 604 g/mol. The minimum atomic E-state index is -0.863. The van der Waals surface area contributed by atoms with E-state index in [1.54, 1.807) is 0 Å². The van der Waals surface area contributed by atoms with Crippen LogP contribution >= 0.6 is 0 Å². The van der Waals surface area contributed by atoms with E-state index in [1.165, 1.54) is 0 Å². The summed E-state index contributed by atoms with van der Waals surface area (Å²) in [5.41, 5.74) is 14.5. The first-order chi connectivity index (χ1) is 21.6. The number of nitrogens with zero attached hydrogens (tertiary/aromatic N) is 2. The lowest BCUT2D eigenvalue weighted by molar-refractivity contribution is -0.136. The van der Waals surface area contributed by atoms with E-state index in [9.17, 15) is 14.7 Å². The van der Waals surface area contributed by atoms with Crippen LogP contribution in [0, 0.1) is 13.8 Å².